The molecule has 0 heterocycles. The van der Waals surface area contributed by atoms with Crippen LogP contribution in [0.4, 0.5) is 0 Å². The first-order valence-electron chi connectivity index (χ1n) is 5.21. The molecule has 0 spiro atoms. The molecule has 10 heteroatoms. The normalized spacial score (nSPS) is 16.3. The van der Waals surface area contributed by atoms with Crippen molar-refractivity contribution in [3.8, 4) is 0 Å². The van der Waals surface area contributed by atoms with Crippen LogP contribution in [0.3, 0.4) is 0 Å². The number of carbonyl (C=O) groups excluding carboxylic acids is 1. The maximum absolute atomic E-state index is 11.7. The van der Waals surface area contributed by atoms with E-state index in [0.717, 1.165) is 0 Å². The standard InChI is InChI=1S/C11H10O10/c12-7(6-4-2-1-3-5-6)20-10(17,8(13)14)11(18,21-19)9(15)16/h1-5,17-19H,(H,13,14)(H,15,16). The monoisotopic (exact) mass is 302 g/mol. The molecule has 0 saturated heterocycles. The van der Waals surface area contributed by atoms with Crippen molar-refractivity contribution < 1.29 is 49.7 Å². The summed E-state index contributed by atoms with van der Waals surface area (Å²) in [6.07, 6.45) is 0. The minimum absolute atomic E-state index is 0.247. The third-order valence-electron chi connectivity index (χ3n) is 2.42. The summed E-state index contributed by atoms with van der Waals surface area (Å²) >= 11 is 0. The highest BCUT2D eigenvalue weighted by molar-refractivity contribution is 5.94. The Morgan fingerprint density at radius 1 is 0.905 bits per heavy atom. The highest BCUT2D eigenvalue weighted by atomic mass is 17.1. The molecule has 0 aliphatic carbocycles. The third-order valence-corrected chi connectivity index (χ3v) is 2.42. The molecule has 2 unspecified atom stereocenters. The predicted octanol–water partition coefficient (Wildman–Crippen LogP) is -1.12. The van der Waals surface area contributed by atoms with Crippen molar-refractivity contribution in [2.75, 3.05) is 0 Å². The van der Waals surface area contributed by atoms with E-state index >= 15 is 0 Å². The van der Waals surface area contributed by atoms with Gasteiger partial charge in [-0.2, -0.15) is 4.89 Å². The molecule has 0 amide bonds. The van der Waals surface area contributed by atoms with Gasteiger partial charge in [-0.25, -0.2) is 19.6 Å². The second kappa shape index (κ2) is 5.85. The van der Waals surface area contributed by atoms with Crippen molar-refractivity contribution in [1.29, 1.82) is 0 Å². The zero-order chi connectivity index (χ0) is 16.3. The zero-order valence-corrected chi connectivity index (χ0v) is 10.2. The summed E-state index contributed by atoms with van der Waals surface area (Å²) in [5.41, 5.74) is -0.247. The number of benzene rings is 1. The van der Waals surface area contributed by atoms with Gasteiger partial charge in [0.15, 0.2) is 0 Å². The molecule has 1 rings (SSSR count). The molecular weight excluding hydrogens is 292 g/mol. The number of rotatable bonds is 6. The van der Waals surface area contributed by atoms with Crippen LogP contribution in [-0.2, 0) is 19.2 Å². The maximum Gasteiger partial charge on any atom is 0.384 e. The molecule has 0 fully saturated rings. The fourth-order valence-corrected chi connectivity index (χ4v) is 1.27. The van der Waals surface area contributed by atoms with Crippen LogP contribution < -0.4 is 0 Å². The number of carbonyl (C=O) groups is 3. The molecule has 0 radical (unpaired) electrons. The maximum atomic E-state index is 11.7. The molecule has 1 aromatic rings. The van der Waals surface area contributed by atoms with E-state index in [1.165, 1.54) is 30.3 Å². The Labute approximate surface area is 116 Å². The Balaban J connectivity index is 3.21. The lowest BCUT2D eigenvalue weighted by molar-refractivity contribution is -0.442. The van der Waals surface area contributed by atoms with Gasteiger partial charge >= 0.3 is 29.5 Å². The van der Waals surface area contributed by atoms with E-state index in [1.807, 2.05) is 0 Å². The summed E-state index contributed by atoms with van der Waals surface area (Å²) in [7, 11) is 0. The van der Waals surface area contributed by atoms with E-state index in [1.54, 1.807) is 0 Å². The molecule has 0 saturated carbocycles. The fraction of sp³-hybridized carbons (Fsp3) is 0.182. The predicted molar refractivity (Wildman–Crippen MR) is 60.7 cm³/mol. The second-order valence-corrected chi connectivity index (χ2v) is 3.75. The molecular formula is C11H10O10. The smallest absolute Gasteiger partial charge is 0.384 e. The first kappa shape index (κ1) is 16.5. The van der Waals surface area contributed by atoms with Crippen LogP contribution in [0.25, 0.3) is 0 Å². The van der Waals surface area contributed by atoms with Crippen molar-refractivity contribution >= 4 is 17.9 Å². The highest BCUT2D eigenvalue weighted by Gasteiger charge is 2.67. The molecule has 0 aliphatic rings. The van der Waals surface area contributed by atoms with E-state index in [-0.39, 0.29) is 5.56 Å². The van der Waals surface area contributed by atoms with Crippen molar-refractivity contribution in [3.05, 3.63) is 35.9 Å². The van der Waals surface area contributed by atoms with Gasteiger partial charge in [0.2, 0.25) is 0 Å². The van der Waals surface area contributed by atoms with Gasteiger partial charge in [-0.3, -0.25) is 0 Å². The minimum Gasteiger partial charge on any atom is -0.477 e. The van der Waals surface area contributed by atoms with Gasteiger partial charge in [0.25, 0.3) is 0 Å². The summed E-state index contributed by atoms with van der Waals surface area (Å²) in [4.78, 5) is 36.5. The van der Waals surface area contributed by atoms with E-state index < -0.39 is 29.5 Å². The summed E-state index contributed by atoms with van der Waals surface area (Å²) in [6.45, 7) is 0. The van der Waals surface area contributed by atoms with Crippen LogP contribution in [0, 0.1) is 0 Å². The van der Waals surface area contributed by atoms with Gasteiger partial charge in [0.05, 0.1) is 5.56 Å². The van der Waals surface area contributed by atoms with Crippen LogP contribution >= 0.6 is 0 Å². The van der Waals surface area contributed by atoms with Crippen molar-refractivity contribution in [1.82, 2.24) is 0 Å². The van der Waals surface area contributed by atoms with Crippen molar-refractivity contribution in [3.63, 3.8) is 0 Å². The summed E-state index contributed by atoms with van der Waals surface area (Å²) in [5, 5.41) is 44.9. The molecule has 5 N–H and O–H groups in total. The van der Waals surface area contributed by atoms with Crippen LogP contribution in [0.1, 0.15) is 10.4 Å². The fourth-order valence-electron chi connectivity index (χ4n) is 1.27. The first-order valence-corrected chi connectivity index (χ1v) is 5.21. The topological polar surface area (TPSA) is 171 Å². The average Bonchev–Trinajstić information content (AvgIpc) is 2.46. The number of hydrogen-bond acceptors (Lipinski definition) is 8. The van der Waals surface area contributed by atoms with Gasteiger partial charge in [-0.1, -0.05) is 18.2 Å². The molecule has 21 heavy (non-hydrogen) atoms. The van der Waals surface area contributed by atoms with Gasteiger partial charge in [-0.05, 0) is 12.1 Å². The molecule has 114 valence electrons. The molecule has 10 nitrogen and oxygen atoms in total. The summed E-state index contributed by atoms with van der Waals surface area (Å²) < 4.78 is 4.10. The van der Waals surface area contributed by atoms with Crippen LogP contribution in [-0.4, -0.2) is 55.2 Å². The SMILES string of the molecule is O=C(OC(O)(C(=O)O)C(O)(OO)C(=O)O)c1ccccc1. The van der Waals surface area contributed by atoms with Gasteiger partial charge in [0.1, 0.15) is 0 Å². The average molecular weight is 302 g/mol. The van der Waals surface area contributed by atoms with E-state index in [0.29, 0.717) is 0 Å². The minimum atomic E-state index is -4.14. The lowest BCUT2D eigenvalue weighted by atomic mass is 10.1. The summed E-state index contributed by atoms with van der Waals surface area (Å²) in [6, 6.07) is 6.61. The number of aliphatic hydroxyl groups is 2. The lowest BCUT2D eigenvalue weighted by Crippen LogP contribution is -2.67. The van der Waals surface area contributed by atoms with Crippen LogP contribution in [0.15, 0.2) is 30.3 Å². The number of ether oxygens (including phenoxy) is 1. The van der Waals surface area contributed by atoms with Crippen molar-refractivity contribution in [2.24, 2.45) is 0 Å². The Hall–Kier alpha value is -2.53. The number of carboxylic acids is 2. The van der Waals surface area contributed by atoms with E-state index in [2.05, 4.69) is 9.62 Å². The van der Waals surface area contributed by atoms with Crippen LogP contribution in [0.5, 0.6) is 0 Å². The van der Waals surface area contributed by atoms with Crippen molar-refractivity contribution in [2.45, 2.75) is 11.6 Å². The Morgan fingerprint density at radius 2 is 1.38 bits per heavy atom. The molecule has 0 aliphatic heterocycles. The van der Waals surface area contributed by atoms with Gasteiger partial charge < -0.3 is 25.2 Å². The van der Waals surface area contributed by atoms with Gasteiger partial charge in [-0.15, -0.1) is 0 Å². The van der Waals surface area contributed by atoms with E-state index in [9.17, 15) is 24.6 Å². The molecule has 0 aromatic heterocycles. The number of esters is 1. The Morgan fingerprint density at radius 3 is 1.76 bits per heavy atom. The number of hydrogen-bond donors (Lipinski definition) is 5. The first-order chi connectivity index (χ1) is 9.69. The number of aliphatic carboxylic acids is 2. The lowest BCUT2D eigenvalue weighted by Gasteiger charge is -2.32. The molecule has 1 aromatic carbocycles. The zero-order valence-electron chi connectivity index (χ0n) is 10.2. The van der Waals surface area contributed by atoms with Gasteiger partial charge in [0, 0.05) is 0 Å². The molecule has 2 atom stereocenters. The highest BCUT2D eigenvalue weighted by Crippen LogP contribution is 2.27. The third kappa shape index (κ3) is 2.83. The Bertz CT molecular complexity index is 555. The quantitative estimate of drug-likeness (QED) is 0.187. The number of carboxylic acid groups (broad SMARTS) is 2. The van der Waals surface area contributed by atoms with Crippen LogP contribution in [0.2, 0.25) is 0 Å². The van der Waals surface area contributed by atoms with E-state index in [4.69, 9.17) is 15.5 Å². The second-order valence-electron chi connectivity index (χ2n) is 3.75. The largest absolute Gasteiger partial charge is 0.477 e. The summed E-state index contributed by atoms with van der Waals surface area (Å²) in [5.74, 6) is -14.7. The molecule has 0 bridgehead atoms. The Kier molecular flexibility index (Phi) is 4.60.